The maximum Gasteiger partial charge on any atom is 0.300 e. The quantitative estimate of drug-likeness (QED) is 0.339. The molecule has 82 valence electrons. The number of anilines is 1. The van der Waals surface area contributed by atoms with Crippen molar-refractivity contribution in [2.24, 2.45) is 0 Å². The van der Waals surface area contributed by atoms with Crippen LogP contribution in [0, 0.1) is 22.0 Å². The van der Waals surface area contributed by atoms with E-state index >= 15 is 0 Å². The highest BCUT2D eigenvalue weighted by Crippen LogP contribution is 2.32. The van der Waals surface area contributed by atoms with Crippen molar-refractivity contribution in [3.05, 3.63) is 28.3 Å². The number of nitrogens with one attached hydrogen (secondary N) is 1. The van der Waals surface area contributed by atoms with E-state index in [0.29, 0.717) is 0 Å². The summed E-state index contributed by atoms with van der Waals surface area (Å²) in [5.74, 6) is 3.41. The minimum absolute atomic E-state index is 0.250. The zero-order valence-electron chi connectivity index (χ0n) is 8.35. The van der Waals surface area contributed by atoms with Gasteiger partial charge in [0.25, 0.3) is 5.69 Å². The number of phenolic OH excluding ortho intramolecular Hbond substituents is 1. The summed E-state index contributed by atoms with van der Waals surface area (Å²) in [4.78, 5) is 21.0. The maximum absolute atomic E-state index is 11.1. The fraction of sp³-hybridized carbons (Fsp3) is 0.100. The third-order valence-corrected chi connectivity index (χ3v) is 1.69. The lowest BCUT2D eigenvalue weighted by molar-refractivity contribution is -0.384. The molecule has 0 aliphatic carbocycles. The first-order valence-corrected chi connectivity index (χ1v) is 4.26. The smallest absolute Gasteiger partial charge is 0.300 e. The van der Waals surface area contributed by atoms with Gasteiger partial charge >= 0.3 is 5.91 Å². The van der Waals surface area contributed by atoms with Crippen LogP contribution in [0.2, 0.25) is 0 Å². The Kier molecular flexibility index (Phi) is 3.45. The number of carbonyl (C=O) groups is 1. The van der Waals surface area contributed by atoms with E-state index in [-0.39, 0.29) is 17.1 Å². The normalized spacial score (nSPS) is 8.81. The zero-order valence-corrected chi connectivity index (χ0v) is 8.35. The third kappa shape index (κ3) is 2.48. The Morgan fingerprint density at radius 3 is 2.81 bits per heavy atom. The third-order valence-electron chi connectivity index (χ3n) is 1.69. The molecule has 16 heavy (non-hydrogen) atoms. The number of aromatic hydroxyl groups is 1. The molecule has 0 fully saturated rings. The minimum atomic E-state index is -0.716. The van der Waals surface area contributed by atoms with E-state index < -0.39 is 10.8 Å². The number of nitro benzene ring substituents is 1. The van der Waals surface area contributed by atoms with Gasteiger partial charge in [0, 0.05) is 6.07 Å². The molecule has 1 aromatic rings. The topological polar surface area (TPSA) is 92.5 Å². The van der Waals surface area contributed by atoms with Crippen LogP contribution in [0.3, 0.4) is 0 Å². The van der Waals surface area contributed by atoms with E-state index in [4.69, 9.17) is 0 Å². The van der Waals surface area contributed by atoms with Crippen molar-refractivity contribution in [3.8, 4) is 17.6 Å². The first-order valence-electron chi connectivity index (χ1n) is 4.26. The highest BCUT2D eigenvalue weighted by Gasteiger charge is 2.18. The van der Waals surface area contributed by atoms with Gasteiger partial charge in [0.15, 0.2) is 5.69 Å². The van der Waals surface area contributed by atoms with Gasteiger partial charge in [-0.3, -0.25) is 14.9 Å². The second-order valence-electron chi connectivity index (χ2n) is 2.76. The molecule has 0 unspecified atom stereocenters. The van der Waals surface area contributed by atoms with Gasteiger partial charge in [0.2, 0.25) is 0 Å². The van der Waals surface area contributed by atoms with Crippen LogP contribution in [0.5, 0.6) is 5.75 Å². The molecule has 0 saturated carbocycles. The Morgan fingerprint density at radius 2 is 2.25 bits per heavy atom. The number of para-hydroxylation sites is 1. The average Bonchev–Trinajstić information content (AvgIpc) is 2.21. The van der Waals surface area contributed by atoms with Crippen LogP contribution in [-0.2, 0) is 4.79 Å². The summed E-state index contributed by atoms with van der Waals surface area (Å²) < 4.78 is 0. The van der Waals surface area contributed by atoms with Gasteiger partial charge in [-0.15, -0.1) is 0 Å². The van der Waals surface area contributed by atoms with Crippen LogP contribution in [-0.4, -0.2) is 15.9 Å². The summed E-state index contributed by atoms with van der Waals surface area (Å²) in [5.41, 5.74) is -0.633. The monoisotopic (exact) mass is 220 g/mol. The zero-order chi connectivity index (χ0) is 12.1. The molecule has 1 amide bonds. The van der Waals surface area contributed by atoms with Crippen molar-refractivity contribution in [2.75, 3.05) is 5.32 Å². The van der Waals surface area contributed by atoms with E-state index in [0.717, 1.165) is 0 Å². The van der Waals surface area contributed by atoms with Crippen molar-refractivity contribution >= 4 is 17.3 Å². The standard InChI is InChI=1S/C10H8N2O4/c1-2-4-9(14)11-10-7(12(15)16)5-3-6-8(10)13/h3,5-6,13H,1H3,(H,11,14). The molecule has 0 aliphatic rings. The molecule has 6 heteroatoms. The Bertz CT molecular complexity index is 499. The van der Waals surface area contributed by atoms with E-state index in [9.17, 15) is 20.0 Å². The van der Waals surface area contributed by atoms with E-state index in [1.165, 1.54) is 25.1 Å². The SMILES string of the molecule is CC#CC(=O)Nc1c(O)cccc1[N+](=O)[O-]. The largest absolute Gasteiger partial charge is 0.505 e. The summed E-state index contributed by atoms with van der Waals surface area (Å²) >= 11 is 0. The summed E-state index contributed by atoms with van der Waals surface area (Å²) in [6.07, 6.45) is 0. The molecule has 0 bridgehead atoms. The van der Waals surface area contributed by atoms with Crippen LogP contribution in [0.4, 0.5) is 11.4 Å². The number of hydrogen-bond acceptors (Lipinski definition) is 4. The van der Waals surface area contributed by atoms with Gasteiger partial charge in [-0.2, -0.15) is 0 Å². The molecule has 1 rings (SSSR count). The number of amides is 1. The number of benzene rings is 1. The fourth-order valence-corrected chi connectivity index (χ4v) is 1.07. The number of hydrogen-bond donors (Lipinski definition) is 2. The van der Waals surface area contributed by atoms with E-state index in [2.05, 4.69) is 17.2 Å². The lowest BCUT2D eigenvalue weighted by atomic mass is 10.2. The number of phenols is 1. The predicted molar refractivity (Wildman–Crippen MR) is 56.8 cm³/mol. The Labute approximate surface area is 91.0 Å². The summed E-state index contributed by atoms with van der Waals surface area (Å²) in [6, 6.07) is 3.73. The first-order chi connectivity index (χ1) is 7.56. The highest BCUT2D eigenvalue weighted by molar-refractivity contribution is 6.06. The number of nitrogens with zero attached hydrogens (tertiary/aromatic N) is 1. The molecule has 2 N–H and O–H groups in total. The predicted octanol–water partition coefficient (Wildman–Crippen LogP) is 1.26. The lowest BCUT2D eigenvalue weighted by Crippen LogP contribution is -2.10. The van der Waals surface area contributed by atoms with Gasteiger partial charge in [0.1, 0.15) is 5.75 Å². The van der Waals surface area contributed by atoms with Crippen molar-refractivity contribution in [3.63, 3.8) is 0 Å². The molecule has 0 aromatic heterocycles. The van der Waals surface area contributed by atoms with Gasteiger partial charge < -0.3 is 10.4 Å². The summed E-state index contributed by atoms with van der Waals surface area (Å²) in [6.45, 7) is 1.46. The van der Waals surface area contributed by atoms with Gasteiger partial charge in [-0.25, -0.2) is 0 Å². The molecular weight excluding hydrogens is 212 g/mol. The van der Waals surface area contributed by atoms with Crippen molar-refractivity contribution in [1.82, 2.24) is 0 Å². The van der Waals surface area contributed by atoms with Crippen molar-refractivity contribution in [1.29, 1.82) is 0 Å². The molecule has 0 spiro atoms. The summed E-state index contributed by atoms with van der Waals surface area (Å²) in [5, 5.41) is 22.2. The van der Waals surface area contributed by atoms with Crippen molar-refractivity contribution in [2.45, 2.75) is 6.92 Å². The lowest BCUT2D eigenvalue weighted by Gasteiger charge is -2.04. The van der Waals surface area contributed by atoms with Gasteiger partial charge in [0.05, 0.1) is 4.92 Å². The molecule has 0 radical (unpaired) electrons. The molecule has 6 nitrogen and oxygen atoms in total. The summed E-state index contributed by atoms with van der Waals surface area (Å²) in [7, 11) is 0. The maximum atomic E-state index is 11.1. The molecule has 1 aromatic carbocycles. The molecule has 0 saturated heterocycles. The molecular formula is C10H8N2O4. The molecule has 0 aliphatic heterocycles. The van der Waals surface area contributed by atoms with Crippen LogP contribution in [0.15, 0.2) is 18.2 Å². The van der Waals surface area contributed by atoms with Gasteiger partial charge in [-0.05, 0) is 18.9 Å². The average molecular weight is 220 g/mol. The molecule has 0 heterocycles. The Balaban J connectivity index is 3.14. The highest BCUT2D eigenvalue weighted by atomic mass is 16.6. The number of rotatable bonds is 2. The van der Waals surface area contributed by atoms with Crippen LogP contribution in [0.1, 0.15) is 6.92 Å². The van der Waals surface area contributed by atoms with E-state index in [1.807, 2.05) is 0 Å². The van der Waals surface area contributed by atoms with Gasteiger partial charge in [-0.1, -0.05) is 12.0 Å². The second kappa shape index (κ2) is 4.79. The number of carbonyl (C=O) groups excluding carboxylic acids is 1. The van der Waals surface area contributed by atoms with Crippen LogP contribution in [0.25, 0.3) is 0 Å². The number of nitro groups is 1. The Hall–Kier alpha value is -2.55. The first kappa shape index (κ1) is 11.5. The van der Waals surface area contributed by atoms with E-state index in [1.54, 1.807) is 0 Å². The van der Waals surface area contributed by atoms with Crippen LogP contribution < -0.4 is 5.32 Å². The Morgan fingerprint density at radius 1 is 1.56 bits per heavy atom. The molecule has 0 atom stereocenters. The fourth-order valence-electron chi connectivity index (χ4n) is 1.07. The van der Waals surface area contributed by atoms with Crippen molar-refractivity contribution < 1.29 is 14.8 Å². The minimum Gasteiger partial charge on any atom is -0.505 e. The van der Waals surface area contributed by atoms with Crippen LogP contribution >= 0.6 is 0 Å². The second-order valence-corrected chi connectivity index (χ2v) is 2.76.